The molecule has 1 aliphatic heterocycles. The summed E-state index contributed by atoms with van der Waals surface area (Å²) in [5.74, 6) is -1.15. The van der Waals surface area contributed by atoms with Gasteiger partial charge in [0.25, 0.3) is 5.91 Å². The summed E-state index contributed by atoms with van der Waals surface area (Å²) in [6.07, 6.45) is 1.87. The largest absolute Gasteiger partial charge is 0.333 e. The Hall–Kier alpha value is -1.37. The predicted molar refractivity (Wildman–Crippen MR) is 68.2 cm³/mol. The van der Waals surface area contributed by atoms with E-state index in [1.807, 2.05) is 0 Å². The fraction of sp³-hybridized carbons (Fsp3) is 0.714. The molecule has 0 aromatic rings. The monoisotopic (exact) mass is 252 g/mol. The summed E-state index contributed by atoms with van der Waals surface area (Å²) in [6, 6.07) is 1.90. The maximum Gasteiger partial charge on any atom is 0.282 e. The van der Waals surface area contributed by atoms with Crippen LogP contribution in [-0.2, 0) is 4.79 Å². The number of amides is 1. The molecule has 1 saturated heterocycles. The van der Waals surface area contributed by atoms with Crippen LogP contribution < -0.4 is 0 Å². The van der Waals surface area contributed by atoms with Crippen molar-refractivity contribution in [2.45, 2.75) is 46.1 Å². The van der Waals surface area contributed by atoms with Gasteiger partial charge in [-0.05, 0) is 24.2 Å². The molecule has 1 rings (SSSR count). The summed E-state index contributed by atoms with van der Waals surface area (Å²) >= 11 is 0. The molecule has 0 spiro atoms. The summed E-state index contributed by atoms with van der Waals surface area (Å²) in [4.78, 5) is 13.1. The van der Waals surface area contributed by atoms with Crippen LogP contribution in [0.4, 0.5) is 4.39 Å². The smallest absolute Gasteiger partial charge is 0.282 e. The Kier molecular flexibility index (Phi) is 4.50. The SMILES string of the molecule is C=C(F)C(=O)N1CCC(C(C)(C)C)C[C@H]1CC#N. The molecule has 3 nitrogen and oxygen atoms in total. The lowest BCUT2D eigenvalue weighted by Crippen LogP contribution is -2.48. The fourth-order valence-corrected chi connectivity index (χ4v) is 2.56. The number of nitriles is 1. The van der Waals surface area contributed by atoms with Crippen LogP contribution in [0, 0.1) is 22.7 Å². The zero-order valence-electron chi connectivity index (χ0n) is 11.4. The van der Waals surface area contributed by atoms with E-state index in [9.17, 15) is 9.18 Å². The normalized spacial score (nSPS) is 24.5. The van der Waals surface area contributed by atoms with Crippen LogP contribution >= 0.6 is 0 Å². The lowest BCUT2D eigenvalue weighted by atomic mass is 9.73. The number of hydrogen-bond donors (Lipinski definition) is 0. The van der Waals surface area contributed by atoms with Gasteiger partial charge in [-0.15, -0.1) is 0 Å². The Balaban J connectivity index is 2.82. The average molecular weight is 252 g/mol. The third-order valence-electron chi connectivity index (χ3n) is 3.76. The van der Waals surface area contributed by atoms with Gasteiger partial charge in [-0.2, -0.15) is 5.26 Å². The van der Waals surface area contributed by atoms with Crippen LogP contribution in [0.25, 0.3) is 0 Å². The number of nitrogens with zero attached hydrogens (tertiary/aromatic N) is 2. The third-order valence-corrected chi connectivity index (χ3v) is 3.76. The molecule has 0 aromatic carbocycles. The van der Waals surface area contributed by atoms with E-state index in [0.717, 1.165) is 12.8 Å². The minimum absolute atomic E-state index is 0.148. The van der Waals surface area contributed by atoms with Crippen LogP contribution in [0.5, 0.6) is 0 Å². The van der Waals surface area contributed by atoms with Crippen LogP contribution in [0.1, 0.15) is 40.0 Å². The Bertz CT molecular complexity index is 378. The average Bonchev–Trinajstić information content (AvgIpc) is 2.27. The first kappa shape index (κ1) is 14.7. The van der Waals surface area contributed by atoms with E-state index in [1.54, 1.807) is 0 Å². The van der Waals surface area contributed by atoms with Gasteiger partial charge in [-0.1, -0.05) is 27.4 Å². The maximum absolute atomic E-state index is 13.0. The van der Waals surface area contributed by atoms with Gasteiger partial charge in [-0.25, -0.2) is 4.39 Å². The quantitative estimate of drug-likeness (QED) is 0.709. The third kappa shape index (κ3) is 3.32. The van der Waals surface area contributed by atoms with Crippen molar-refractivity contribution in [2.24, 2.45) is 11.3 Å². The highest BCUT2D eigenvalue weighted by Gasteiger charge is 2.36. The molecular weight excluding hydrogens is 231 g/mol. The molecule has 0 N–H and O–H groups in total. The zero-order valence-corrected chi connectivity index (χ0v) is 11.4. The first-order chi connectivity index (χ1) is 8.27. The zero-order chi connectivity index (χ0) is 13.9. The van der Waals surface area contributed by atoms with Gasteiger partial charge in [-0.3, -0.25) is 4.79 Å². The number of carbonyl (C=O) groups is 1. The highest BCUT2D eigenvalue weighted by molar-refractivity contribution is 5.90. The Morgan fingerprint density at radius 2 is 2.17 bits per heavy atom. The highest BCUT2D eigenvalue weighted by Crippen LogP contribution is 2.37. The first-order valence-electron chi connectivity index (χ1n) is 6.29. The van der Waals surface area contributed by atoms with Gasteiger partial charge in [0.1, 0.15) is 0 Å². The first-order valence-corrected chi connectivity index (χ1v) is 6.29. The molecule has 0 bridgehead atoms. The molecule has 0 aromatic heterocycles. The molecule has 2 atom stereocenters. The summed E-state index contributed by atoms with van der Waals surface area (Å²) in [7, 11) is 0. The van der Waals surface area contributed by atoms with E-state index < -0.39 is 11.7 Å². The second-order valence-electron chi connectivity index (χ2n) is 6.01. The Morgan fingerprint density at radius 1 is 1.56 bits per heavy atom. The van der Waals surface area contributed by atoms with E-state index >= 15 is 0 Å². The molecule has 0 radical (unpaired) electrons. The lowest BCUT2D eigenvalue weighted by molar-refractivity contribution is -0.133. The van der Waals surface area contributed by atoms with Crippen molar-refractivity contribution in [2.75, 3.05) is 6.54 Å². The van der Waals surface area contributed by atoms with Crippen LogP contribution in [0.15, 0.2) is 12.4 Å². The van der Waals surface area contributed by atoms with Crippen molar-refractivity contribution in [3.8, 4) is 6.07 Å². The van der Waals surface area contributed by atoms with E-state index in [2.05, 4.69) is 33.4 Å². The summed E-state index contributed by atoms with van der Waals surface area (Å²) in [5, 5.41) is 8.84. The number of hydrogen-bond acceptors (Lipinski definition) is 2. The molecule has 1 fully saturated rings. The Morgan fingerprint density at radius 3 is 2.61 bits per heavy atom. The van der Waals surface area contributed by atoms with Crippen molar-refractivity contribution in [1.29, 1.82) is 5.26 Å². The molecule has 1 aliphatic rings. The molecule has 1 amide bonds. The van der Waals surface area contributed by atoms with E-state index in [-0.39, 0.29) is 17.9 Å². The van der Waals surface area contributed by atoms with Gasteiger partial charge < -0.3 is 4.90 Å². The molecule has 0 aliphatic carbocycles. The standard InChI is InChI=1S/C14H21FN2O/c1-10(15)13(18)17-8-6-11(14(2,3)4)9-12(17)5-7-16/h11-12H,1,5-6,8-9H2,2-4H3/t11?,12-/m1/s1. The summed E-state index contributed by atoms with van der Waals surface area (Å²) < 4.78 is 13.0. The summed E-state index contributed by atoms with van der Waals surface area (Å²) in [6.45, 7) is 10.0. The van der Waals surface area contributed by atoms with Crippen molar-refractivity contribution in [3.05, 3.63) is 12.4 Å². The van der Waals surface area contributed by atoms with Gasteiger partial charge in [0.15, 0.2) is 5.83 Å². The minimum atomic E-state index is -0.938. The summed E-state index contributed by atoms with van der Waals surface area (Å²) in [5.41, 5.74) is 0.148. The minimum Gasteiger partial charge on any atom is -0.333 e. The van der Waals surface area contributed by atoms with Gasteiger partial charge in [0.05, 0.1) is 12.5 Å². The molecule has 100 valence electrons. The predicted octanol–water partition coefficient (Wildman–Crippen LogP) is 3.04. The van der Waals surface area contributed by atoms with Crippen LogP contribution in [-0.4, -0.2) is 23.4 Å². The molecule has 18 heavy (non-hydrogen) atoms. The lowest BCUT2D eigenvalue weighted by Gasteiger charge is -2.43. The van der Waals surface area contributed by atoms with Crippen molar-refractivity contribution in [1.82, 2.24) is 4.90 Å². The Labute approximate surface area is 108 Å². The van der Waals surface area contributed by atoms with Crippen molar-refractivity contribution < 1.29 is 9.18 Å². The van der Waals surface area contributed by atoms with Crippen LogP contribution in [0.3, 0.4) is 0 Å². The molecule has 4 heteroatoms. The number of likely N-dealkylation sites (tertiary alicyclic amines) is 1. The van der Waals surface area contributed by atoms with Crippen molar-refractivity contribution >= 4 is 5.91 Å². The maximum atomic E-state index is 13.0. The molecule has 0 saturated carbocycles. The van der Waals surface area contributed by atoms with E-state index in [0.29, 0.717) is 12.5 Å². The highest BCUT2D eigenvalue weighted by atomic mass is 19.1. The van der Waals surface area contributed by atoms with Gasteiger partial charge in [0.2, 0.25) is 0 Å². The molecular formula is C14H21FN2O. The topological polar surface area (TPSA) is 44.1 Å². The number of rotatable bonds is 2. The van der Waals surface area contributed by atoms with Crippen LogP contribution in [0.2, 0.25) is 0 Å². The molecule has 1 heterocycles. The second kappa shape index (κ2) is 5.51. The fourth-order valence-electron chi connectivity index (χ4n) is 2.56. The van der Waals surface area contributed by atoms with Gasteiger partial charge in [0, 0.05) is 12.6 Å². The number of piperidine rings is 1. The van der Waals surface area contributed by atoms with Gasteiger partial charge >= 0.3 is 0 Å². The second-order valence-corrected chi connectivity index (χ2v) is 6.01. The van der Waals surface area contributed by atoms with E-state index in [1.165, 1.54) is 4.90 Å². The van der Waals surface area contributed by atoms with Crippen molar-refractivity contribution in [3.63, 3.8) is 0 Å². The van der Waals surface area contributed by atoms with E-state index in [4.69, 9.17) is 5.26 Å². The number of halogens is 1. The molecule has 1 unspecified atom stereocenters. The number of carbonyl (C=O) groups excluding carboxylic acids is 1.